The topological polar surface area (TPSA) is 92.4 Å². The van der Waals surface area contributed by atoms with Crippen molar-refractivity contribution < 1.29 is 19.2 Å². The molecule has 1 aliphatic carbocycles. The minimum absolute atomic E-state index is 0.293. The molecule has 2 atom stereocenters. The third-order valence-electron chi connectivity index (χ3n) is 2.86. The van der Waals surface area contributed by atoms with Gasteiger partial charge in [-0.3, -0.25) is 9.59 Å². The summed E-state index contributed by atoms with van der Waals surface area (Å²) in [5.74, 6) is -1.92. The van der Waals surface area contributed by atoms with E-state index in [4.69, 9.17) is 5.11 Å². The molecule has 6 heteroatoms. The molecule has 0 aliphatic heterocycles. The van der Waals surface area contributed by atoms with Crippen molar-refractivity contribution in [1.82, 2.24) is 5.16 Å². The molecule has 1 amide bonds. The largest absolute Gasteiger partial charge is 0.481 e. The maximum absolute atomic E-state index is 11.8. The molecule has 1 saturated carbocycles. The predicted molar refractivity (Wildman–Crippen MR) is 53.6 cm³/mol. The molecule has 1 aliphatic rings. The highest BCUT2D eigenvalue weighted by Gasteiger charge is 2.37. The van der Waals surface area contributed by atoms with Gasteiger partial charge in [-0.25, -0.2) is 0 Å². The number of aromatic nitrogens is 1. The lowest BCUT2D eigenvalue weighted by Crippen LogP contribution is -2.30. The monoisotopic (exact) mass is 224 g/mol. The van der Waals surface area contributed by atoms with Crippen molar-refractivity contribution in [3.8, 4) is 0 Å². The normalized spacial score (nSPS) is 24.2. The van der Waals surface area contributed by atoms with E-state index >= 15 is 0 Å². The first kappa shape index (κ1) is 10.7. The number of carbonyl (C=O) groups is 2. The van der Waals surface area contributed by atoms with E-state index in [1.54, 1.807) is 0 Å². The molecule has 2 rings (SSSR count). The summed E-state index contributed by atoms with van der Waals surface area (Å²) in [6, 6.07) is 1.52. The van der Waals surface area contributed by atoms with Crippen LogP contribution in [0.2, 0.25) is 0 Å². The smallest absolute Gasteiger partial charge is 0.307 e. The number of nitrogens with zero attached hydrogens (tertiary/aromatic N) is 1. The second kappa shape index (κ2) is 4.34. The molecule has 1 fully saturated rings. The van der Waals surface area contributed by atoms with Gasteiger partial charge in [-0.1, -0.05) is 11.6 Å². The van der Waals surface area contributed by atoms with Crippen LogP contribution in [0.1, 0.15) is 19.3 Å². The Morgan fingerprint density at radius 1 is 1.44 bits per heavy atom. The highest BCUT2D eigenvalue weighted by Crippen LogP contribution is 2.32. The Bertz CT molecular complexity index is 388. The highest BCUT2D eigenvalue weighted by atomic mass is 16.5. The first-order chi connectivity index (χ1) is 7.68. The number of carbonyl (C=O) groups excluding carboxylic acids is 1. The van der Waals surface area contributed by atoms with Crippen molar-refractivity contribution >= 4 is 17.7 Å². The van der Waals surface area contributed by atoms with E-state index in [0.717, 1.165) is 6.42 Å². The maximum atomic E-state index is 11.8. The Morgan fingerprint density at radius 3 is 2.81 bits per heavy atom. The first-order valence-corrected chi connectivity index (χ1v) is 5.12. The lowest BCUT2D eigenvalue weighted by Gasteiger charge is -2.13. The molecule has 0 spiro atoms. The number of aliphatic carboxylic acids is 1. The molecule has 0 radical (unpaired) electrons. The molecule has 0 aromatic carbocycles. The lowest BCUT2D eigenvalue weighted by atomic mass is 9.95. The van der Waals surface area contributed by atoms with E-state index in [1.165, 1.54) is 12.3 Å². The summed E-state index contributed by atoms with van der Waals surface area (Å²) in [5.41, 5.74) is 0. The molecule has 0 bridgehead atoms. The average Bonchev–Trinajstić information content (AvgIpc) is 2.86. The molecule has 86 valence electrons. The van der Waals surface area contributed by atoms with Crippen LogP contribution >= 0.6 is 0 Å². The molecule has 2 N–H and O–H groups in total. The molecule has 0 unspecified atom stereocenters. The fraction of sp³-hybridized carbons (Fsp3) is 0.500. The number of hydrogen-bond donors (Lipinski definition) is 2. The van der Waals surface area contributed by atoms with Gasteiger partial charge in [0.15, 0.2) is 5.82 Å². The molecule has 1 aromatic rings. The molecule has 1 heterocycles. The fourth-order valence-corrected chi connectivity index (χ4v) is 2.07. The van der Waals surface area contributed by atoms with Crippen molar-refractivity contribution in [2.75, 3.05) is 5.32 Å². The predicted octanol–water partition coefficient (Wildman–Crippen LogP) is 1.11. The Labute approximate surface area is 91.6 Å². The van der Waals surface area contributed by atoms with Gasteiger partial charge in [0.1, 0.15) is 6.26 Å². The van der Waals surface area contributed by atoms with Crippen molar-refractivity contribution in [3.63, 3.8) is 0 Å². The zero-order chi connectivity index (χ0) is 11.5. The van der Waals surface area contributed by atoms with Gasteiger partial charge < -0.3 is 14.9 Å². The van der Waals surface area contributed by atoms with Crippen LogP contribution in [0.4, 0.5) is 5.82 Å². The van der Waals surface area contributed by atoms with Gasteiger partial charge in [-0.15, -0.1) is 0 Å². The van der Waals surface area contributed by atoms with Crippen molar-refractivity contribution in [2.24, 2.45) is 11.8 Å². The Balaban J connectivity index is 2.01. The van der Waals surface area contributed by atoms with Crippen LogP contribution in [0.5, 0.6) is 0 Å². The minimum atomic E-state index is -0.905. The summed E-state index contributed by atoms with van der Waals surface area (Å²) in [5, 5.41) is 15.0. The van der Waals surface area contributed by atoms with Gasteiger partial charge in [-0.05, 0) is 12.8 Å². The summed E-state index contributed by atoms with van der Waals surface area (Å²) in [6.07, 6.45) is 3.29. The number of anilines is 1. The third-order valence-corrected chi connectivity index (χ3v) is 2.86. The van der Waals surface area contributed by atoms with Crippen LogP contribution in [-0.2, 0) is 9.59 Å². The Morgan fingerprint density at radius 2 is 2.19 bits per heavy atom. The van der Waals surface area contributed by atoms with E-state index in [1.807, 2.05) is 0 Å². The summed E-state index contributed by atoms with van der Waals surface area (Å²) in [4.78, 5) is 22.7. The summed E-state index contributed by atoms with van der Waals surface area (Å²) < 4.78 is 4.57. The highest BCUT2D eigenvalue weighted by molar-refractivity contribution is 5.94. The zero-order valence-electron chi connectivity index (χ0n) is 8.55. The van der Waals surface area contributed by atoms with Crippen molar-refractivity contribution in [3.05, 3.63) is 12.3 Å². The summed E-state index contributed by atoms with van der Waals surface area (Å²) in [6.45, 7) is 0. The van der Waals surface area contributed by atoms with Gasteiger partial charge >= 0.3 is 5.97 Å². The second-order valence-corrected chi connectivity index (χ2v) is 3.86. The van der Waals surface area contributed by atoms with Crippen LogP contribution < -0.4 is 5.32 Å². The van der Waals surface area contributed by atoms with Crippen LogP contribution in [-0.4, -0.2) is 22.1 Å². The molecular weight excluding hydrogens is 212 g/mol. The third kappa shape index (κ3) is 2.05. The molecule has 1 aromatic heterocycles. The van der Waals surface area contributed by atoms with E-state index in [2.05, 4.69) is 15.0 Å². The van der Waals surface area contributed by atoms with Crippen LogP contribution in [0, 0.1) is 11.8 Å². The van der Waals surface area contributed by atoms with Gasteiger partial charge in [0.25, 0.3) is 0 Å². The average molecular weight is 224 g/mol. The number of carboxylic acids is 1. The van der Waals surface area contributed by atoms with Gasteiger partial charge in [-0.2, -0.15) is 0 Å². The van der Waals surface area contributed by atoms with Gasteiger partial charge in [0.2, 0.25) is 5.91 Å². The fourth-order valence-electron chi connectivity index (χ4n) is 2.07. The number of amides is 1. The van der Waals surface area contributed by atoms with E-state index in [0.29, 0.717) is 18.7 Å². The SMILES string of the molecule is O=C(O)[C@H]1CCC[C@H]1C(=O)Nc1ccon1. The zero-order valence-corrected chi connectivity index (χ0v) is 8.55. The van der Waals surface area contributed by atoms with Crippen LogP contribution in [0.3, 0.4) is 0 Å². The van der Waals surface area contributed by atoms with Crippen LogP contribution in [0.25, 0.3) is 0 Å². The standard InChI is InChI=1S/C10H12N2O4/c13-9(11-8-4-5-16-12-8)6-2-1-3-7(6)10(14)15/h4-7H,1-3H2,(H,14,15)(H,11,12,13)/t6-,7+/m1/s1. The number of carboxylic acid groups (broad SMARTS) is 1. The molecule has 16 heavy (non-hydrogen) atoms. The Hall–Kier alpha value is -1.85. The maximum Gasteiger partial charge on any atom is 0.307 e. The Kier molecular flexibility index (Phi) is 2.89. The molecule has 0 saturated heterocycles. The number of hydrogen-bond acceptors (Lipinski definition) is 4. The quantitative estimate of drug-likeness (QED) is 0.802. The van der Waals surface area contributed by atoms with Gasteiger partial charge in [0, 0.05) is 6.07 Å². The van der Waals surface area contributed by atoms with E-state index < -0.39 is 17.8 Å². The number of nitrogens with one attached hydrogen (secondary N) is 1. The van der Waals surface area contributed by atoms with Crippen molar-refractivity contribution in [2.45, 2.75) is 19.3 Å². The minimum Gasteiger partial charge on any atom is -0.481 e. The summed E-state index contributed by atoms with van der Waals surface area (Å²) in [7, 11) is 0. The first-order valence-electron chi connectivity index (χ1n) is 5.12. The van der Waals surface area contributed by atoms with Crippen LogP contribution in [0.15, 0.2) is 16.9 Å². The van der Waals surface area contributed by atoms with Gasteiger partial charge in [0.05, 0.1) is 11.8 Å². The van der Waals surface area contributed by atoms with E-state index in [9.17, 15) is 9.59 Å². The van der Waals surface area contributed by atoms with Crippen molar-refractivity contribution in [1.29, 1.82) is 0 Å². The summed E-state index contributed by atoms with van der Waals surface area (Å²) >= 11 is 0. The lowest BCUT2D eigenvalue weighted by molar-refractivity contribution is -0.145. The molecular formula is C10H12N2O4. The number of rotatable bonds is 3. The second-order valence-electron chi connectivity index (χ2n) is 3.86. The van der Waals surface area contributed by atoms with E-state index in [-0.39, 0.29) is 5.91 Å². The molecule has 6 nitrogen and oxygen atoms in total.